The van der Waals surface area contributed by atoms with E-state index in [1.54, 1.807) is 18.2 Å². The third-order valence-corrected chi connectivity index (χ3v) is 4.16. The fourth-order valence-electron chi connectivity index (χ4n) is 1.83. The maximum Gasteiger partial charge on any atom is 0.267 e. The first-order valence-corrected chi connectivity index (χ1v) is 8.05. The largest absolute Gasteiger partial charge is 0.506 e. The molecule has 116 valence electrons. The van der Waals surface area contributed by atoms with Gasteiger partial charge in [-0.15, -0.1) is 11.3 Å². The van der Waals surface area contributed by atoms with Crippen molar-refractivity contribution in [3.05, 3.63) is 46.2 Å². The van der Waals surface area contributed by atoms with Crippen molar-refractivity contribution in [3.8, 4) is 5.75 Å². The van der Waals surface area contributed by atoms with Crippen molar-refractivity contribution in [2.75, 3.05) is 5.32 Å². The molecule has 3 N–H and O–H groups in total. The molecule has 0 unspecified atom stereocenters. The summed E-state index contributed by atoms with van der Waals surface area (Å²) < 4.78 is 0. The van der Waals surface area contributed by atoms with Crippen molar-refractivity contribution in [3.63, 3.8) is 0 Å². The number of thiocarbonyl (C=S) groups is 1. The molecule has 4 nitrogen and oxygen atoms in total. The van der Waals surface area contributed by atoms with Crippen molar-refractivity contribution in [1.29, 1.82) is 0 Å². The molecule has 2 rings (SSSR count). The Kier molecular flexibility index (Phi) is 4.83. The number of aromatic hydroxyl groups is 1. The maximum absolute atomic E-state index is 11.9. The monoisotopic (exact) mass is 334 g/mol. The van der Waals surface area contributed by atoms with E-state index in [1.165, 1.54) is 11.3 Å². The molecule has 0 bridgehead atoms. The molecule has 0 saturated carbocycles. The first-order chi connectivity index (χ1) is 10.3. The molecule has 0 aliphatic carbocycles. The maximum atomic E-state index is 11.9. The third kappa shape index (κ3) is 4.05. The molecular formula is C16H18N2O2S2. The summed E-state index contributed by atoms with van der Waals surface area (Å²) in [5, 5.41) is 17.4. The van der Waals surface area contributed by atoms with Gasteiger partial charge in [-0.3, -0.25) is 10.1 Å². The second-order valence-corrected chi connectivity index (χ2v) is 7.22. The molecule has 1 aromatic heterocycles. The number of nitrogens with one attached hydrogen (secondary N) is 2. The van der Waals surface area contributed by atoms with Crippen LogP contribution < -0.4 is 10.6 Å². The van der Waals surface area contributed by atoms with Gasteiger partial charge in [-0.2, -0.15) is 0 Å². The first-order valence-electron chi connectivity index (χ1n) is 6.77. The molecule has 22 heavy (non-hydrogen) atoms. The average Bonchev–Trinajstić information content (AvgIpc) is 2.94. The predicted octanol–water partition coefficient (Wildman–Crippen LogP) is 3.88. The highest BCUT2D eigenvalue weighted by atomic mass is 32.1. The molecular weight excluding hydrogens is 316 g/mol. The van der Waals surface area contributed by atoms with Crippen LogP contribution in [0.25, 0.3) is 0 Å². The first kappa shape index (κ1) is 16.5. The standard InChI is InChI=1S/C16H18N2O2S2/c1-16(2,3)10-6-7-12(19)11(9-10)17-15(21)18-14(20)13-5-4-8-22-13/h4-9,19H,1-3H3,(H2,17,18,20,21). The van der Waals surface area contributed by atoms with Gasteiger partial charge in [0.05, 0.1) is 10.6 Å². The molecule has 0 spiro atoms. The number of carbonyl (C=O) groups is 1. The SMILES string of the molecule is CC(C)(C)c1ccc(O)c(NC(=S)NC(=O)c2cccs2)c1. The summed E-state index contributed by atoms with van der Waals surface area (Å²) in [6.07, 6.45) is 0. The van der Waals surface area contributed by atoms with Crippen LogP contribution in [-0.4, -0.2) is 16.1 Å². The highest BCUT2D eigenvalue weighted by Gasteiger charge is 2.16. The van der Waals surface area contributed by atoms with Gasteiger partial charge in [0.25, 0.3) is 5.91 Å². The molecule has 1 amide bonds. The minimum absolute atomic E-state index is 0.0496. The Hall–Kier alpha value is -1.92. The molecule has 0 aliphatic heterocycles. The second-order valence-electron chi connectivity index (χ2n) is 5.87. The number of rotatable bonds is 2. The highest BCUT2D eigenvalue weighted by molar-refractivity contribution is 7.80. The lowest BCUT2D eigenvalue weighted by molar-refractivity contribution is 0.0981. The van der Waals surface area contributed by atoms with E-state index in [2.05, 4.69) is 31.4 Å². The zero-order valence-electron chi connectivity index (χ0n) is 12.6. The van der Waals surface area contributed by atoms with E-state index in [0.717, 1.165) is 5.56 Å². The predicted molar refractivity (Wildman–Crippen MR) is 94.8 cm³/mol. The minimum Gasteiger partial charge on any atom is -0.506 e. The van der Waals surface area contributed by atoms with Crippen molar-refractivity contribution in [2.45, 2.75) is 26.2 Å². The lowest BCUT2D eigenvalue weighted by Gasteiger charge is -2.21. The van der Waals surface area contributed by atoms with Gasteiger partial charge in [-0.1, -0.05) is 32.9 Å². The van der Waals surface area contributed by atoms with Crippen LogP contribution in [0, 0.1) is 0 Å². The number of benzene rings is 1. The Bertz CT molecular complexity index is 689. The van der Waals surface area contributed by atoms with Crippen molar-refractivity contribution in [1.82, 2.24) is 5.32 Å². The average molecular weight is 334 g/mol. The van der Waals surface area contributed by atoms with Crippen molar-refractivity contribution < 1.29 is 9.90 Å². The number of phenolic OH excluding ortho intramolecular Hbond substituents is 1. The fraction of sp³-hybridized carbons (Fsp3) is 0.250. The smallest absolute Gasteiger partial charge is 0.267 e. The summed E-state index contributed by atoms with van der Waals surface area (Å²) in [6, 6.07) is 8.84. The number of thiophene rings is 1. The van der Waals surface area contributed by atoms with Gasteiger partial charge < -0.3 is 10.4 Å². The molecule has 1 aromatic carbocycles. The zero-order chi connectivity index (χ0) is 16.3. The van der Waals surface area contributed by atoms with Crippen LogP contribution in [-0.2, 0) is 5.41 Å². The van der Waals surface area contributed by atoms with Crippen molar-refractivity contribution in [2.24, 2.45) is 0 Å². The van der Waals surface area contributed by atoms with Crippen LogP contribution in [0.4, 0.5) is 5.69 Å². The van der Waals surface area contributed by atoms with E-state index in [1.807, 2.05) is 17.5 Å². The van der Waals surface area contributed by atoms with E-state index in [4.69, 9.17) is 12.2 Å². The van der Waals surface area contributed by atoms with E-state index < -0.39 is 0 Å². The lowest BCUT2D eigenvalue weighted by atomic mass is 9.87. The Morgan fingerprint density at radius 3 is 2.59 bits per heavy atom. The summed E-state index contributed by atoms with van der Waals surface area (Å²) in [7, 11) is 0. The van der Waals surface area contributed by atoms with Gasteiger partial charge in [0.15, 0.2) is 5.11 Å². The lowest BCUT2D eigenvalue weighted by Crippen LogP contribution is -2.33. The van der Waals surface area contributed by atoms with Crippen molar-refractivity contribution >= 4 is 40.3 Å². The number of anilines is 1. The van der Waals surface area contributed by atoms with E-state index >= 15 is 0 Å². The third-order valence-electron chi connectivity index (χ3n) is 3.08. The van der Waals surface area contributed by atoms with Gasteiger partial charge in [-0.25, -0.2) is 0 Å². The van der Waals surface area contributed by atoms with E-state index in [9.17, 15) is 9.90 Å². The Morgan fingerprint density at radius 1 is 1.27 bits per heavy atom. The van der Waals surface area contributed by atoms with Crippen LogP contribution in [0.15, 0.2) is 35.7 Å². The number of hydrogen-bond acceptors (Lipinski definition) is 4. The Balaban J connectivity index is 2.10. The number of phenols is 1. The van der Waals surface area contributed by atoms with Crippen LogP contribution in [0.1, 0.15) is 36.0 Å². The summed E-state index contributed by atoms with van der Waals surface area (Å²) in [4.78, 5) is 12.5. The fourth-order valence-corrected chi connectivity index (χ4v) is 2.65. The van der Waals surface area contributed by atoms with Gasteiger partial charge in [0.1, 0.15) is 5.75 Å². The highest BCUT2D eigenvalue weighted by Crippen LogP contribution is 2.30. The quantitative estimate of drug-likeness (QED) is 0.576. The molecule has 0 aliphatic rings. The second kappa shape index (κ2) is 6.46. The number of hydrogen-bond donors (Lipinski definition) is 3. The summed E-state index contributed by atoms with van der Waals surface area (Å²) >= 11 is 6.47. The molecule has 0 saturated heterocycles. The summed E-state index contributed by atoms with van der Waals surface area (Å²) in [6.45, 7) is 6.25. The molecule has 2 aromatic rings. The normalized spacial score (nSPS) is 11.0. The molecule has 0 atom stereocenters. The molecule has 0 fully saturated rings. The van der Waals surface area contributed by atoms with Crippen LogP contribution >= 0.6 is 23.6 Å². The van der Waals surface area contributed by atoms with Gasteiger partial charge in [0.2, 0.25) is 0 Å². The number of carbonyl (C=O) groups excluding carboxylic acids is 1. The molecule has 0 radical (unpaired) electrons. The van der Waals surface area contributed by atoms with Gasteiger partial charge >= 0.3 is 0 Å². The van der Waals surface area contributed by atoms with E-state index in [-0.39, 0.29) is 22.2 Å². The van der Waals surface area contributed by atoms with Gasteiger partial charge in [-0.05, 0) is 46.8 Å². The Labute approximate surface area is 139 Å². The molecule has 1 heterocycles. The van der Waals surface area contributed by atoms with Gasteiger partial charge in [0, 0.05) is 0 Å². The van der Waals surface area contributed by atoms with Crippen LogP contribution in [0.2, 0.25) is 0 Å². The topological polar surface area (TPSA) is 61.4 Å². The van der Waals surface area contributed by atoms with Crippen LogP contribution in [0.5, 0.6) is 5.75 Å². The van der Waals surface area contributed by atoms with E-state index in [0.29, 0.717) is 10.6 Å². The number of amides is 1. The summed E-state index contributed by atoms with van der Waals surface area (Å²) in [5.74, 6) is -0.181. The van der Waals surface area contributed by atoms with Crippen LogP contribution in [0.3, 0.4) is 0 Å². The molecule has 6 heteroatoms. The zero-order valence-corrected chi connectivity index (χ0v) is 14.3. The Morgan fingerprint density at radius 2 is 2.00 bits per heavy atom. The summed E-state index contributed by atoms with van der Waals surface area (Å²) in [5.41, 5.74) is 1.48. The minimum atomic E-state index is -0.265.